The Labute approximate surface area is 126 Å². The summed E-state index contributed by atoms with van der Waals surface area (Å²) < 4.78 is 27.9. The highest BCUT2D eigenvalue weighted by Crippen LogP contribution is 2.29. The van der Waals surface area contributed by atoms with Crippen molar-refractivity contribution in [2.75, 3.05) is 14.1 Å². The largest absolute Gasteiger partial charge is 0.358 e. The molecule has 0 amide bonds. The lowest BCUT2D eigenvalue weighted by Crippen LogP contribution is -2.15. The standard InChI is InChI=1S/C16H17FN2OS/c1-19(2)21(20)12-7-8-14(17)13(10-12)16-9-11-5-3-4-6-15(11)18-16/h3,5,7-10,18H,4,6H2,1-2H3. The molecule has 3 nitrogen and oxygen atoms in total. The third kappa shape index (κ3) is 2.71. The van der Waals surface area contributed by atoms with E-state index in [0.717, 1.165) is 29.8 Å². The van der Waals surface area contributed by atoms with Crippen LogP contribution in [0.3, 0.4) is 0 Å². The summed E-state index contributed by atoms with van der Waals surface area (Å²) in [6, 6.07) is 6.55. The number of rotatable bonds is 3. The average Bonchev–Trinajstić information content (AvgIpc) is 2.90. The molecule has 1 heterocycles. The van der Waals surface area contributed by atoms with Gasteiger partial charge in [-0.1, -0.05) is 12.2 Å². The zero-order valence-electron chi connectivity index (χ0n) is 12.0. The maximum absolute atomic E-state index is 14.1. The first-order valence-electron chi connectivity index (χ1n) is 6.84. The van der Waals surface area contributed by atoms with E-state index in [1.54, 1.807) is 30.5 Å². The van der Waals surface area contributed by atoms with Crippen LogP contribution in [0.25, 0.3) is 17.3 Å². The number of aromatic amines is 1. The van der Waals surface area contributed by atoms with E-state index in [-0.39, 0.29) is 5.82 Å². The predicted octanol–water partition coefficient (Wildman–Crippen LogP) is 3.36. The maximum Gasteiger partial charge on any atom is 0.132 e. The summed E-state index contributed by atoms with van der Waals surface area (Å²) in [5.41, 5.74) is 3.44. The Morgan fingerprint density at radius 1 is 1.29 bits per heavy atom. The van der Waals surface area contributed by atoms with E-state index in [9.17, 15) is 8.60 Å². The summed E-state index contributed by atoms with van der Waals surface area (Å²) in [5.74, 6) is -0.308. The zero-order valence-corrected chi connectivity index (χ0v) is 12.8. The van der Waals surface area contributed by atoms with E-state index in [1.165, 1.54) is 6.07 Å². The molecule has 0 saturated carbocycles. The molecule has 1 N–H and O–H groups in total. The van der Waals surface area contributed by atoms with Gasteiger partial charge in [0.05, 0.1) is 4.90 Å². The minimum absolute atomic E-state index is 0.308. The third-order valence-electron chi connectivity index (χ3n) is 3.55. The number of aryl methyl sites for hydroxylation is 1. The van der Waals surface area contributed by atoms with Crippen molar-refractivity contribution in [3.63, 3.8) is 0 Å². The molecule has 3 rings (SSSR count). The van der Waals surface area contributed by atoms with Crippen LogP contribution in [0, 0.1) is 5.82 Å². The Kier molecular flexibility index (Phi) is 3.78. The molecule has 110 valence electrons. The summed E-state index contributed by atoms with van der Waals surface area (Å²) in [6.45, 7) is 0. The van der Waals surface area contributed by atoms with Crippen molar-refractivity contribution in [3.05, 3.63) is 47.4 Å². The number of halogens is 1. The Balaban J connectivity index is 2.05. The van der Waals surface area contributed by atoms with E-state index in [0.29, 0.717) is 10.5 Å². The molecule has 1 unspecified atom stereocenters. The van der Waals surface area contributed by atoms with Crippen LogP contribution in [-0.2, 0) is 17.4 Å². The highest BCUT2D eigenvalue weighted by atomic mass is 32.2. The van der Waals surface area contributed by atoms with Crippen LogP contribution >= 0.6 is 0 Å². The fraction of sp³-hybridized carbons (Fsp3) is 0.250. The van der Waals surface area contributed by atoms with Crippen molar-refractivity contribution < 1.29 is 8.60 Å². The molecule has 0 bridgehead atoms. The molecule has 1 aliphatic rings. The Morgan fingerprint density at radius 2 is 2.10 bits per heavy atom. The highest BCUT2D eigenvalue weighted by molar-refractivity contribution is 7.82. The lowest BCUT2D eigenvalue weighted by molar-refractivity contribution is 0.601. The van der Waals surface area contributed by atoms with Crippen LogP contribution in [0.15, 0.2) is 35.2 Å². The average molecular weight is 304 g/mol. The van der Waals surface area contributed by atoms with Gasteiger partial charge >= 0.3 is 0 Å². The number of hydrogen-bond donors (Lipinski definition) is 1. The second-order valence-corrected chi connectivity index (χ2v) is 6.96. The maximum atomic E-state index is 14.1. The second kappa shape index (κ2) is 5.58. The van der Waals surface area contributed by atoms with Gasteiger partial charge in [-0.15, -0.1) is 0 Å². The molecule has 0 aliphatic heterocycles. The minimum Gasteiger partial charge on any atom is -0.358 e. The number of fused-ring (bicyclic) bond motifs is 1. The van der Waals surface area contributed by atoms with Crippen molar-refractivity contribution in [2.45, 2.75) is 17.7 Å². The molecular formula is C16H17FN2OS. The number of allylic oxidation sites excluding steroid dienone is 1. The SMILES string of the molecule is CN(C)S(=O)c1ccc(F)c(-c2cc3c([nH]2)CCC=C3)c1. The Morgan fingerprint density at radius 3 is 2.81 bits per heavy atom. The van der Waals surface area contributed by atoms with Crippen LogP contribution in [0.5, 0.6) is 0 Å². The predicted molar refractivity (Wildman–Crippen MR) is 83.6 cm³/mol. The van der Waals surface area contributed by atoms with Crippen molar-refractivity contribution in [2.24, 2.45) is 0 Å². The van der Waals surface area contributed by atoms with Gasteiger partial charge in [-0.3, -0.25) is 0 Å². The summed E-state index contributed by atoms with van der Waals surface area (Å²) in [4.78, 5) is 3.88. The fourth-order valence-electron chi connectivity index (χ4n) is 2.48. The summed E-state index contributed by atoms with van der Waals surface area (Å²) in [6.07, 6.45) is 6.11. The van der Waals surface area contributed by atoms with Crippen molar-refractivity contribution in [1.29, 1.82) is 0 Å². The lowest BCUT2D eigenvalue weighted by atomic mass is 10.1. The van der Waals surface area contributed by atoms with Gasteiger partial charge in [0.25, 0.3) is 0 Å². The number of benzene rings is 1. The fourth-order valence-corrected chi connectivity index (χ4v) is 3.31. The van der Waals surface area contributed by atoms with E-state index in [1.807, 2.05) is 6.07 Å². The third-order valence-corrected chi connectivity index (χ3v) is 4.87. The first kappa shape index (κ1) is 14.2. The van der Waals surface area contributed by atoms with Crippen molar-refractivity contribution >= 4 is 17.1 Å². The van der Waals surface area contributed by atoms with Gasteiger partial charge in [0, 0.05) is 17.0 Å². The Bertz CT molecular complexity index is 734. The van der Waals surface area contributed by atoms with Crippen molar-refractivity contribution in [3.8, 4) is 11.3 Å². The molecule has 0 spiro atoms. The van der Waals surface area contributed by atoms with Crippen LogP contribution in [0.2, 0.25) is 0 Å². The molecule has 0 radical (unpaired) electrons. The molecule has 1 atom stereocenters. The molecule has 21 heavy (non-hydrogen) atoms. The molecular weight excluding hydrogens is 287 g/mol. The molecule has 0 fully saturated rings. The van der Waals surface area contributed by atoms with E-state index < -0.39 is 11.0 Å². The number of aromatic nitrogens is 1. The quantitative estimate of drug-likeness (QED) is 0.927. The number of nitrogens with zero attached hydrogens (tertiary/aromatic N) is 1. The van der Waals surface area contributed by atoms with Gasteiger partial charge in [-0.2, -0.15) is 0 Å². The van der Waals surface area contributed by atoms with Gasteiger partial charge in [0.15, 0.2) is 0 Å². The van der Waals surface area contributed by atoms with E-state index in [4.69, 9.17) is 0 Å². The topological polar surface area (TPSA) is 36.1 Å². The van der Waals surface area contributed by atoms with Crippen LogP contribution in [0.4, 0.5) is 4.39 Å². The molecule has 1 aromatic heterocycles. The Hall–Kier alpha value is -1.72. The van der Waals surface area contributed by atoms with Crippen LogP contribution in [0.1, 0.15) is 17.7 Å². The summed E-state index contributed by atoms with van der Waals surface area (Å²) in [7, 11) is 2.19. The molecule has 1 aromatic carbocycles. The normalized spacial score (nSPS) is 15.2. The highest BCUT2D eigenvalue weighted by Gasteiger charge is 2.15. The number of nitrogens with one attached hydrogen (secondary N) is 1. The minimum atomic E-state index is -1.28. The van der Waals surface area contributed by atoms with Gasteiger partial charge in [-0.05, 0) is 56.8 Å². The van der Waals surface area contributed by atoms with Gasteiger partial charge < -0.3 is 4.98 Å². The molecule has 2 aromatic rings. The van der Waals surface area contributed by atoms with Gasteiger partial charge in [-0.25, -0.2) is 12.9 Å². The smallest absolute Gasteiger partial charge is 0.132 e. The second-order valence-electron chi connectivity index (χ2n) is 5.26. The zero-order chi connectivity index (χ0) is 15.0. The van der Waals surface area contributed by atoms with Crippen LogP contribution in [-0.4, -0.2) is 27.6 Å². The van der Waals surface area contributed by atoms with E-state index >= 15 is 0 Å². The molecule has 5 heteroatoms. The van der Waals surface area contributed by atoms with Gasteiger partial charge in [0.2, 0.25) is 0 Å². The van der Waals surface area contributed by atoms with E-state index in [2.05, 4.69) is 17.1 Å². The van der Waals surface area contributed by atoms with Crippen LogP contribution < -0.4 is 0 Å². The van der Waals surface area contributed by atoms with Gasteiger partial charge in [0.1, 0.15) is 16.8 Å². The van der Waals surface area contributed by atoms with Crippen molar-refractivity contribution in [1.82, 2.24) is 9.29 Å². The summed E-state index contributed by atoms with van der Waals surface area (Å²) in [5, 5.41) is 0. The number of hydrogen-bond acceptors (Lipinski definition) is 1. The first-order valence-corrected chi connectivity index (χ1v) is 7.94. The lowest BCUT2D eigenvalue weighted by Gasteiger charge is -2.10. The molecule has 1 aliphatic carbocycles. The monoisotopic (exact) mass is 304 g/mol. The first-order chi connectivity index (χ1) is 10.1. The number of H-pyrrole nitrogens is 1. The molecule has 0 saturated heterocycles. The summed E-state index contributed by atoms with van der Waals surface area (Å²) >= 11 is 0.